The van der Waals surface area contributed by atoms with E-state index in [9.17, 15) is 4.79 Å². The minimum absolute atomic E-state index is 0.270. The molecule has 0 saturated heterocycles. The van der Waals surface area contributed by atoms with Crippen LogP contribution < -0.4 is 5.32 Å². The molecule has 0 unspecified atom stereocenters. The third-order valence-electron chi connectivity index (χ3n) is 2.41. The Kier molecular flexibility index (Phi) is 4.81. The lowest BCUT2D eigenvalue weighted by molar-refractivity contribution is 0.102. The fraction of sp³-hybridized carbons (Fsp3) is 0.0769. The predicted molar refractivity (Wildman–Crippen MR) is 88.8 cm³/mol. The van der Waals surface area contributed by atoms with Crippen LogP contribution in [0.2, 0.25) is 5.02 Å². The first-order valence-corrected chi connectivity index (χ1v) is 7.61. The zero-order chi connectivity index (χ0) is 14.0. The maximum Gasteiger partial charge on any atom is 0.258 e. The van der Waals surface area contributed by atoms with Crippen molar-refractivity contribution >= 4 is 61.7 Å². The van der Waals surface area contributed by atoms with Gasteiger partial charge in [0.05, 0.1) is 16.3 Å². The van der Waals surface area contributed by atoms with Gasteiger partial charge in [-0.25, -0.2) is 0 Å². The first kappa shape index (κ1) is 14.7. The fourth-order valence-electron chi connectivity index (χ4n) is 1.48. The number of anilines is 1. The lowest BCUT2D eigenvalue weighted by Gasteiger charge is -2.09. The molecule has 0 radical (unpaired) electrons. The molecular formula is C13H9BrClIN2O. The van der Waals surface area contributed by atoms with E-state index >= 15 is 0 Å². The first-order chi connectivity index (χ1) is 8.97. The van der Waals surface area contributed by atoms with Gasteiger partial charge >= 0.3 is 0 Å². The van der Waals surface area contributed by atoms with Gasteiger partial charge in [0.2, 0.25) is 0 Å². The summed E-state index contributed by atoms with van der Waals surface area (Å²) in [6, 6.07) is 7.34. The molecular weight excluding hydrogens is 442 g/mol. The standard InChI is InChI=1S/C13H9BrClIN2O/c1-7-4-10(15)9(6-17-7)13(19)18-12-5-8(14)2-3-11(12)16/h2-6H,1H3,(H,18,19). The number of halogens is 3. The quantitative estimate of drug-likeness (QED) is 0.675. The van der Waals surface area contributed by atoms with E-state index in [1.807, 2.05) is 25.1 Å². The van der Waals surface area contributed by atoms with Crippen LogP contribution in [0.1, 0.15) is 16.1 Å². The highest BCUT2D eigenvalue weighted by atomic mass is 127. The number of aromatic nitrogens is 1. The van der Waals surface area contributed by atoms with Gasteiger partial charge in [-0.05, 0) is 53.8 Å². The van der Waals surface area contributed by atoms with E-state index in [4.69, 9.17) is 11.6 Å². The van der Waals surface area contributed by atoms with Crippen LogP contribution in [0.5, 0.6) is 0 Å². The SMILES string of the molecule is Cc1cc(Cl)c(C(=O)Nc2cc(Br)ccc2I)cn1. The van der Waals surface area contributed by atoms with Crippen molar-refractivity contribution in [2.24, 2.45) is 0 Å². The fourth-order valence-corrected chi connectivity index (χ4v) is 2.60. The normalized spacial score (nSPS) is 10.3. The van der Waals surface area contributed by atoms with Crippen molar-refractivity contribution in [3.8, 4) is 0 Å². The molecule has 1 N–H and O–H groups in total. The van der Waals surface area contributed by atoms with Crippen molar-refractivity contribution in [3.05, 3.63) is 54.8 Å². The Bertz CT molecular complexity index is 649. The smallest absolute Gasteiger partial charge is 0.258 e. The monoisotopic (exact) mass is 450 g/mol. The summed E-state index contributed by atoms with van der Waals surface area (Å²) in [5.74, 6) is -0.270. The largest absolute Gasteiger partial charge is 0.321 e. The number of hydrogen-bond acceptors (Lipinski definition) is 2. The number of carbonyl (C=O) groups is 1. The molecule has 1 aromatic carbocycles. The summed E-state index contributed by atoms with van der Waals surface area (Å²) in [4.78, 5) is 16.2. The van der Waals surface area contributed by atoms with E-state index in [1.54, 1.807) is 6.07 Å². The second kappa shape index (κ2) is 6.19. The number of amides is 1. The second-order valence-corrected chi connectivity index (χ2v) is 6.37. The Morgan fingerprint density at radius 1 is 1.42 bits per heavy atom. The average molecular weight is 451 g/mol. The summed E-state index contributed by atoms with van der Waals surface area (Å²) in [5.41, 5.74) is 1.87. The van der Waals surface area contributed by atoms with Crippen LogP contribution in [0.4, 0.5) is 5.69 Å². The van der Waals surface area contributed by atoms with Gasteiger partial charge in [-0.2, -0.15) is 0 Å². The average Bonchev–Trinajstić information content (AvgIpc) is 2.33. The molecule has 0 fully saturated rings. The van der Waals surface area contributed by atoms with Gasteiger partial charge in [0.15, 0.2) is 0 Å². The van der Waals surface area contributed by atoms with Gasteiger partial charge in [-0.15, -0.1) is 0 Å². The highest BCUT2D eigenvalue weighted by Crippen LogP contribution is 2.24. The molecule has 1 heterocycles. The van der Waals surface area contributed by atoms with E-state index in [1.165, 1.54) is 6.20 Å². The predicted octanol–water partition coefficient (Wildman–Crippen LogP) is 4.66. The molecule has 3 nitrogen and oxygen atoms in total. The lowest BCUT2D eigenvalue weighted by atomic mass is 10.2. The summed E-state index contributed by atoms with van der Waals surface area (Å²) in [6.07, 6.45) is 1.48. The van der Waals surface area contributed by atoms with Gasteiger partial charge in [0.1, 0.15) is 0 Å². The van der Waals surface area contributed by atoms with Gasteiger partial charge in [0.25, 0.3) is 5.91 Å². The molecule has 0 atom stereocenters. The Balaban J connectivity index is 2.28. The summed E-state index contributed by atoms with van der Waals surface area (Å²) in [6.45, 7) is 1.82. The first-order valence-electron chi connectivity index (χ1n) is 5.36. The molecule has 1 aromatic heterocycles. The molecule has 0 aliphatic carbocycles. The lowest BCUT2D eigenvalue weighted by Crippen LogP contribution is -2.14. The highest BCUT2D eigenvalue weighted by Gasteiger charge is 2.13. The molecule has 98 valence electrons. The van der Waals surface area contributed by atoms with Crippen LogP contribution in [-0.2, 0) is 0 Å². The molecule has 1 amide bonds. The van der Waals surface area contributed by atoms with Crippen LogP contribution in [0.15, 0.2) is 34.9 Å². The number of rotatable bonds is 2. The molecule has 19 heavy (non-hydrogen) atoms. The Labute approximate surface area is 138 Å². The van der Waals surface area contributed by atoms with E-state index in [-0.39, 0.29) is 5.91 Å². The summed E-state index contributed by atoms with van der Waals surface area (Å²) in [5, 5.41) is 3.22. The summed E-state index contributed by atoms with van der Waals surface area (Å²) in [7, 11) is 0. The minimum Gasteiger partial charge on any atom is -0.321 e. The van der Waals surface area contributed by atoms with Crippen molar-refractivity contribution in [2.75, 3.05) is 5.32 Å². The van der Waals surface area contributed by atoms with Gasteiger partial charge in [0, 0.05) is 19.9 Å². The Morgan fingerprint density at radius 3 is 2.84 bits per heavy atom. The van der Waals surface area contributed by atoms with Crippen molar-refractivity contribution in [1.82, 2.24) is 4.98 Å². The van der Waals surface area contributed by atoms with Crippen LogP contribution in [0.25, 0.3) is 0 Å². The highest BCUT2D eigenvalue weighted by molar-refractivity contribution is 14.1. The topological polar surface area (TPSA) is 42.0 Å². The molecule has 2 rings (SSSR count). The van der Waals surface area contributed by atoms with Crippen LogP contribution in [0, 0.1) is 10.5 Å². The van der Waals surface area contributed by atoms with Crippen molar-refractivity contribution < 1.29 is 4.79 Å². The second-order valence-electron chi connectivity index (χ2n) is 3.88. The molecule has 0 aliphatic heterocycles. The third kappa shape index (κ3) is 3.67. The van der Waals surface area contributed by atoms with Crippen molar-refractivity contribution in [3.63, 3.8) is 0 Å². The van der Waals surface area contributed by atoms with Gasteiger partial charge < -0.3 is 5.32 Å². The summed E-state index contributed by atoms with van der Waals surface area (Å²) < 4.78 is 1.85. The van der Waals surface area contributed by atoms with Crippen molar-refractivity contribution in [2.45, 2.75) is 6.92 Å². The van der Waals surface area contributed by atoms with Crippen LogP contribution in [-0.4, -0.2) is 10.9 Å². The van der Waals surface area contributed by atoms with Crippen LogP contribution >= 0.6 is 50.1 Å². The maximum atomic E-state index is 12.2. The number of nitrogens with one attached hydrogen (secondary N) is 1. The third-order valence-corrected chi connectivity index (χ3v) is 4.16. The number of hydrogen-bond donors (Lipinski definition) is 1. The number of aryl methyl sites for hydroxylation is 1. The zero-order valence-corrected chi connectivity index (χ0v) is 14.4. The number of pyridine rings is 1. The number of nitrogens with zero attached hydrogens (tertiary/aromatic N) is 1. The molecule has 2 aromatic rings. The molecule has 0 bridgehead atoms. The van der Waals surface area contributed by atoms with E-state index < -0.39 is 0 Å². The zero-order valence-electron chi connectivity index (χ0n) is 9.88. The molecule has 0 saturated carbocycles. The molecule has 0 aliphatic rings. The van der Waals surface area contributed by atoms with E-state index in [0.29, 0.717) is 10.6 Å². The molecule has 0 spiro atoms. The minimum atomic E-state index is -0.270. The number of benzene rings is 1. The maximum absolute atomic E-state index is 12.2. The Hall–Kier alpha value is -0.660. The van der Waals surface area contributed by atoms with Crippen molar-refractivity contribution in [1.29, 1.82) is 0 Å². The molecule has 6 heteroatoms. The van der Waals surface area contributed by atoms with E-state index in [0.717, 1.165) is 19.4 Å². The van der Waals surface area contributed by atoms with Gasteiger partial charge in [-0.1, -0.05) is 27.5 Å². The summed E-state index contributed by atoms with van der Waals surface area (Å²) >= 11 is 11.6. The van der Waals surface area contributed by atoms with E-state index in [2.05, 4.69) is 48.8 Å². The Morgan fingerprint density at radius 2 is 2.16 bits per heavy atom. The van der Waals surface area contributed by atoms with Crippen LogP contribution in [0.3, 0.4) is 0 Å². The number of carbonyl (C=O) groups excluding carboxylic acids is 1. The van der Waals surface area contributed by atoms with Gasteiger partial charge in [-0.3, -0.25) is 9.78 Å².